The van der Waals surface area contributed by atoms with Crippen molar-refractivity contribution >= 4 is 29.9 Å². The summed E-state index contributed by atoms with van der Waals surface area (Å²) >= 11 is 0. The van der Waals surface area contributed by atoms with E-state index in [1.54, 1.807) is 32.4 Å². The Morgan fingerprint density at radius 2 is 2.09 bits per heavy atom. The Labute approximate surface area is 148 Å². The topological polar surface area (TPSA) is 80.3 Å². The minimum absolute atomic E-state index is 0. The van der Waals surface area contributed by atoms with Crippen molar-refractivity contribution in [3.63, 3.8) is 0 Å². The number of nitrogens with zero attached hydrogens (tertiary/aromatic N) is 2. The fourth-order valence-electron chi connectivity index (χ4n) is 2.14. The summed E-state index contributed by atoms with van der Waals surface area (Å²) in [6.45, 7) is 0.187. The Bertz CT molecular complexity index is 521. The van der Waals surface area contributed by atoms with Crippen LogP contribution in [-0.2, 0) is 0 Å². The first-order chi connectivity index (χ1) is 10.1. The zero-order chi connectivity index (χ0) is 15.4. The Hall–Kier alpha value is -1.22. The number of ether oxygens (including phenoxy) is 2. The highest BCUT2D eigenvalue weighted by atomic mass is 127. The molecule has 0 heterocycles. The van der Waals surface area contributed by atoms with Crippen LogP contribution in [0.15, 0.2) is 23.2 Å². The molecular formula is C15H24IN3O3. The Kier molecular flexibility index (Phi) is 7.21. The number of benzene rings is 1. The molecule has 124 valence electrons. The van der Waals surface area contributed by atoms with Gasteiger partial charge in [0.2, 0.25) is 0 Å². The summed E-state index contributed by atoms with van der Waals surface area (Å²) in [6, 6.07) is 5.80. The summed E-state index contributed by atoms with van der Waals surface area (Å²) in [7, 11) is 5.07. The lowest BCUT2D eigenvalue weighted by molar-refractivity contribution is 0.181. The molecule has 0 spiro atoms. The molecule has 7 heteroatoms. The average molecular weight is 421 g/mol. The van der Waals surface area contributed by atoms with E-state index in [1.807, 2.05) is 11.9 Å². The largest absolute Gasteiger partial charge is 0.497 e. The first-order valence-corrected chi connectivity index (χ1v) is 6.99. The van der Waals surface area contributed by atoms with Gasteiger partial charge >= 0.3 is 0 Å². The van der Waals surface area contributed by atoms with Crippen LogP contribution in [0, 0.1) is 0 Å². The monoisotopic (exact) mass is 421 g/mol. The van der Waals surface area contributed by atoms with Gasteiger partial charge in [-0.25, -0.2) is 0 Å². The summed E-state index contributed by atoms with van der Waals surface area (Å²) in [5, 5.41) is 10.3. The zero-order valence-electron chi connectivity index (χ0n) is 13.2. The van der Waals surface area contributed by atoms with Crippen LogP contribution in [0.1, 0.15) is 24.5 Å². The van der Waals surface area contributed by atoms with E-state index < -0.39 is 6.10 Å². The molecule has 0 aliphatic heterocycles. The Balaban J connectivity index is 0.00000242. The van der Waals surface area contributed by atoms with Crippen molar-refractivity contribution in [2.75, 3.05) is 27.8 Å². The number of nitrogens with two attached hydrogens (primary N) is 1. The van der Waals surface area contributed by atoms with Crippen LogP contribution < -0.4 is 15.2 Å². The minimum Gasteiger partial charge on any atom is -0.497 e. The molecule has 0 radical (unpaired) electrons. The van der Waals surface area contributed by atoms with E-state index in [2.05, 4.69) is 4.99 Å². The fraction of sp³-hybridized carbons (Fsp3) is 0.533. The molecule has 1 unspecified atom stereocenters. The molecule has 1 atom stereocenters. The van der Waals surface area contributed by atoms with Gasteiger partial charge in [-0.2, -0.15) is 0 Å². The van der Waals surface area contributed by atoms with Crippen molar-refractivity contribution in [2.24, 2.45) is 10.7 Å². The third-order valence-corrected chi connectivity index (χ3v) is 3.68. The number of rotatable bonds is 6. The van der Waals surface area contributed by atoms with Crippen LogP contribution in [0.2, 0.25) is 0 Å². The standard InChI is InChI=1S/C15H23N3O3.HI/c1-18(10-4-5-10)15(16)17-9-13(19)12-8-11(20-2)6-7-14(12)21-3;/h6-8,10,13,19H,4-5,9H2,1-3H3,(H2,16,17);1H. The third kappa shape index (κ3) is 4.64. The molecule has 0 amide bonds. The molecule has 1 aliphatic carbocycles. The molecule has 0 aromatic heterocycles. The van der Waals surface area contributed by atoms with Crippen LogP contribution in [0.3, 0.4) is 0 Å². The van der Waals surface area contributed by atoms with Gasteiger partial charge in [0.1, 0.15) is 17.6 Å². The lowest BCUT2D eigenvalue weighted by atomic mass is 10.1. The highest BCUT2D eigenvalue weighted by molar-refractivity contribution is 14.0. The molecular weight excluding hydrogens is 397 g/mol. The molecule has 3 N–H and O–H groups in total. The van der Waals surface area contributed by atoms with E-state index >= 15 is 0 Å². The van der Waals surface area contributed by atoms with Gasteiger partial charge in [0.25, 0.3) is 0 Å². The summed E-state index contributed by atoms with van der Waals surface area (Å²) in [6.07, 6.45) is 1.51. The van der Waals surface area contributed by atoms with Crippen LogP contribution in [0.25, 0.3) is 0 Å². The number of aliphatic hydroxyl groups is 1. The summed E-state index contributed by atoms with van der Waals surface area (Å²) in [4.78, 5) is 6.22. The van der Waals surface area contributed by atoms with Gasteiger partial charge in [-0.15, -0.1) is 24.0 Å². The van der Waals surface area contributed by atoms with Gasteiger partial charge < -0.3 is 25.2 Å². The maximum absolute atomic E-state index is 10.3. The quantitative estimate of drug-likeness (QED) is 0.416. The molecule has 1 aromatic rings. The normalized spacial score (nSPS) is 15.7. The number of aliphatic imine (C=N–C) groups is 1. The highest BCUT2D eigenvalue weighted by Gasteiger charge is 2.27. The van der Waals surface area contributed by atoms with Gasteiger partial charge in [-0.1, -0.05) is 0 Å². The number of halogens is 1. The average Bonchev–Trinajstić information content (AvgIpc) is 3.35. The number of hydrogen-bond acceptors (Lipinski definition) is 4. The second-order valence-electron chi connectivity index (χ2n) is 5.16. The van der Waals surface area contributed by atoms with Crippen molar-refractivity contribution < 1.29 is 14.6 Å². The molecule has 2 rings (SSSR count). The smallest absolute Gasteiger partial charge is 0.191 e. The van der Waals surface area contributed by atoms with Gasteiger partial charge in [-0.05, 0) is 31.0 Å². The van der Waals surface area contributed by atoms with Gasteiger partial charge in [0.05, 0.1) is 20.8 Å². The number of hydrogen-bond donors (Lipinski definition) is 2. The van der Waals surface area contributed by atoms with Crippen molar-refractivity contribution in [1.29, 1.82) is 0 Å². The molecule has 22 heavy (non-hydrogen) atoms. The van der Waals surface area contributed by atoms with E-state index in [0.29, 0.717) is 29.1 Å². The van der Waals surface area contributed by atoms with Crippen LogP contribution in [0.5, 0.6) is 11.5 Å². The summed E-state index contributed by atoms with van der Waals surface area (Å²) in [5.41, 5.74) is 6.56. The van der Waals surface area contributed by atoms with E-state index in [1.165, 1.54) is 0 Å². The Morgan fingerprint density at radius 1 is 1.41 bits per heavy atom. The van der Waals surface area contributed by atoms with Crippen molar-refractivity contribution in [1.82, 2.24) is 4.90 Å². The zero-order valence-corrected chi connectivity index (χ0v) is 15.5. The van der Waals surface area contributed by atoms with Gasteiger partial charge in [-0.3, -0.25) is 4.99 Å². The lowest BCUT2D eigenvalue weighted by Gasteiger charge is -2.18. The first-order valence-electron chi connectivity index (χ1n) is 6.99. The lowest BCUT2D eigenvalue weighted by Crippen LogP contribution is -2.36. The molecule has 1 fully saturated rings. The highest BCUT2D eigenvalue weighted by Crippen LogP contribution is 2.30. The number of methoxy groups -OCH3 is 2. The van der Waals surface area contributed by atoms with Crippen molar-refractivity contribution in [3.8, 4) is 11.5 Å². The van der Waals surface area contributed by atoms with Crippen LogP contribution in [0.4, 0.5) is 0 Å². The second-order valence-corrected chi connectivity index (χ2v) is 5.16. The van der Waals surface area contributed by atoms with Gasteiger partial charge in [0, 0.05) is 18.7 Å². The first kappa shape index (κ1) is 18.8. The molecule has 1 aliphatic rings. The van der Waals surface area contributed by atoms with Crippen molar-refractivity contribution in [2.45, 2.75) is 25.0 Å². The second kappa shape index (κ2) is 8.42. The predicted molar refractivity (Wildman–Crippen MR) is 97.2 cm³/mol. The molecule has 6 nitrogen and oxygen atoms in total. The third-order valence-electron chi connectivity index (χ3n) is 3.68. The Morgan fingerprint density at radius 3 is 2.64 bits per heavy atom. The molecule has 0 saturated heterocycles. The van der Waals surface area contributed by atoms with Gasteiger partial charge in [0.15, 0.2) is 5.96 Å². The summed E-state index contributed by atoms with van der Waals surface area (Å²) < 4.78 is 10.4. The summed E-state index contributed by atoms with van der Waals surface area (Å²) in [5.74, 6) is 1.72. The van der Waals surface area contributed by atoms with E-state index in [9.17, 15) is 5.11 Å². The SMILES string of the molecule is COc1ccc(OC)c(C(O)CN=C(N)N(C)C2CC2)c1.I. The minimum atomic E-state index is -0.791. The maximum Gasteiger partial charge on any atom is 0.191 e. The van der Waals surface area contributed by atoms with Crippen LogP contribution in [-0.4, -0.2) is 49.8 Å². The maximum atomic E-state index is 10.3. The van der Waals surface area contributed by atoms with Crippen molar-refractivity contribution in [3.05, 3.63) is 23.8 Å². The number of aliphatic hydroxyl groups excluding tert-OH is 1. The molecule has 0 bridgehead atoms. The fourth-order valence-corrected chi connectivity index (χ4v) is 2.14. The van der Waals surface area contributed by atoms with E-state index in [4.69, 9.17) is 15.2 Å². The predicted octanol–water partition coefficient (Wildman–Crippen LogP) is 1.76. The van der Waals surface area contributed by atoms with E-state index in [0.717, 1.165) is 12.8 Å². The molecule has 1 saturated carbocycles. The number of guanidine groups is 1. The van der Waals surface area contributed by atoms with Crippen LogP contribution >= 0.6 is 24.0 Å². The molecule has 1 aromatic carbocycles. The van der Waals surface area contributed by atoms with E-state index in [-0.39, 0.29) is 30.5 Å².